The van der Waals surface area contributed by atoms with Crippen LogP contribution in [-0.2, 0) is 4.74 Å². The van der Waals surface area contributed by atoms with Crippen molar-refractivity contribution >= 4 is 0 Å². The third-order valence-corrected chi connectivity index (χ3v) is 3.02. The lowest BCUT2D eigenvalue weighted by atomic mass is 10.1. The molecule has 2 unspecified atom stereocenters. The molecule has 2 atom stereocenters. The second-order valence-electron chi connectivity index (χ2n) is 5.41. The van der Waals surface area contributed by atoms with Gasteiger partial charge in [-0.1, -0.05) is 13.8 Å². The average molecular weight is 230 g/mol. The highest BCUT2D eigenvalue weighted by Gasteiger charge is 2.29. The number of rotatable bonds is 6. The van der Waals surface area contributed by atoms with Crippen LogP contribution in [-0.4, -0.2) is 61.0 Å². The molecular weight excluding hydrogens is 204 g/mol. The zero-order chi connectivity index (χ0) is 12.2. The van der Waals surface area contributed by atoms with Gasteiger partial charge < -0.3 is 15.2 Å². The molecule has 1 fully saturated rings. The van der Waals surface area contributed by atoms with E-state index in [1.54, 1.807) is 7.11 Å². The SMILES string of the molecule is COC1CCN(CC(C)(O)CNC(C)C)C1. The maximum atomic E-state index is 10.2. The highest BCUT2D eigenvalue weighted by atomic mass is 16.5. The Morgan fingerprint density at radius 2 is 2.25 bits per heavy atom. The van der Waals surface area contributed by atoms with Crippen LogP contribution in [0, 0.1) is 0 Å². The van der Waals surface area contributed by atoms with Crippen molar-refractivity contribution in [1.29, 1.82) is 0 Å². The molecule has 0 aliphatic carbocycles. The Morgan fingerprint density at radius 1 is 1.56 bits per heavy atom. The van der Waals surface area contributed by atoms with E-state index >= 15 is 0 Å². The minimum atomic E-state index is -0.660. The Morgan fingerprint density at radius 3 is 2.75 bits per heavy atom. The second-order valence-corrected chi connectivity index (χ2v) is 5.41. The monoisotopic (exact) mass is 230 g/mol. The minimum absolute atomic E-state index is 0.342. The normalized spacial score (nSPS) is 26.2. The molecule has 0 spiro atoms. The first kappa shape index (κ1) is 13.9. The van der Waals surface area contributed by atoms with Crippen molar-refractivity contribution in [3.05, 3.63) is 0 Å². The Bertz CT molecular complexity index is 207. The third-order valence-electron chi connectivity index (χ3n) is 3.02. The lowest BCUT2D eigenvalue weighted by Gasteiger charge is -2.30. The Kier molecular flexibility index (Phi) is 5.18. The largest absolute Gasteiger partial charge is 0.388 e. The summed E-state index contributed by atoms with van der Waals surface area (Å²) in [4.78, 5) is 2.27. The summed E-state index contributed by atoms with van der Waals surface area (Å²) < 4.78 is 5.32. The number of β-amino-alcohol motifs (C(OH)–C–C–N with tert-alkyl or cyclic N) is 1. The van der Waals surface area contributed by atoms with Gasteiger partial charge in [-0.25, -0.2) is 0 Å². The van der Waals surface area contributed by atoms with Gasteiger partial charge in [0.2, 0.25) is 0 Å². The number of nitrogens with one attached hydrogen (secondary N) is 1. The first-order valence-corrected chi connectivity index (χ1v) is 6.14. The number of methoxy groups -OCH3 is 1. The summed E-state index contributed by atoms with van der Waals surface area (Å²) in [6.07, 6.45) is 1.42. The summed E-state index contributed by atoms with van der Waals surface area (Å²) in [6.45, 7) is 9.39. The third kappa shape index (κ3) is 4.78. The fourth-order valence-corrected chi connectivity index (χ4v) is 2.09. The van der Waals surface area contributed by atoms with Gasteiger partial charge in [0.1, 0.15) is 0 Å². The molecule has 1 heterocycles. The summed E-state index contributed by atoms with van der Waals surface area (Å²) in [7, 11) is 1.76. The molecule has 4 nitrogen and oxygen atoms in total. The van der Waals surface area contributed by atoms with E-state index in [0.717, 1.165) is 19.5 Å². The standard InChI is InChI=1S/C12H26N2O2/c1-10(2)13-8-12(3,15)9-14-6-5-11(7-14)16-4/h10-11,13,15H,5-9H2,1-4H3. The van der Waals surface area contributed by atoms with Gasteiger partial charge in [0, 0.05) is 39.3 Å². The van der Waals surface area contributed by atoms with Crippen LogP contribution in [0.3, 0.4) is 0 Å². The Hall–Kier alpha value is -0.160. The molecule has 0 radical (unpaired) electrons. The van der Waals surface area contributed by atoms with Crippen molar-refractivity contribution in [1.82, 2.24) is 10.2 Å². The highest BCUT2D eigenvalue weighted by Crippen LogP contribution is 2.15. The smallest absolute Gasteiger partial charge is 0.0869 e. The quantitative estimate of drug-likeness (QED) is 0.696. The first-order chi connectivity index (χ1) is 7.43. The topological polar surface area (TPSA) is 44.7 Å². The summed E-state index contributed by atoms with van der Waals surface area (Å²) in [5.74, 6) is 0. The lowest BCUT2D eigenvalue weighted by Crippen LogP contribution is -2.48. The van der Waals surface area contributed by atoms with Crippen LogP contribution in [0.4, 0.5) is 0 Å². The average Bonchev–Trinajstić information content (AvgIpc) is 2.62. The molecular formula is C12H26N2O2. The van der Waals surface area contributed by atoms with Gasteiger partial charge in [0.05, 0.1) is 11.7 Å². The molecule has 0 amide bonds. The van der Waals surface area contributed by atoms with Crippen molar-refractivity contribution in [2.45, 2.75) is 44.9 Å². The number of hydrogen-bond donors (Lipinski definition) is 2. The van der Waals surface area contributed by atoms with Crippen LogP contribution in [0.1, 0.15) is 27.2 Å². The van der Waals surface area contributed by atoms with Crippen molar-refractivity contribution in [2.75, 3.05) is 33.3 Å². The molecule has 0 aromatic carbocycles. The van der Waals surface area contributed by atoms with Crippen molar-refractivity contribution in [3.8, 4) is 0 Å². The fraction of sp³-hybridized carbons (Fsp3) is 1.00. The maximum Gasteiger partial charge on any atom is 0.0869 e. The Labute approximate surface area is 99.0 Å². The molecule has 0 saturated carbocycles. The van der Waals surface area contributed by atoms with E-state index in [2.05, 4.69) is 24.1 Å². The summed E-state index contributed by atoms with van der Waals surface area (Å²) in [5, 5.41) is 13.5. The molecule has 16 heavy (non-hydrogen) atoms. The van der Waals surface area contributed by atoms with Gasteiger partial charge in [-0.3, -0.25) is 4.90 Å². The Balaban J connectivity index is 2.29. The second kappa shape index (κ2) is 5.96. The molecule has 0 aromatic rings. The van der Waals surface area contributed by atoms with E-state index in [1.807, 2.05) is 6.92 Å². The number of aliphatic hydroxyl groups is 1. The molecule has 1 rings (SSSR count). The van der Waals surface area contributed by atoms with Crippen molar-refractivity contribution in [2.24, 2.45) is 0 Å². The van der Waals surface area contributed by atoms with Gasteiger partial charge in [-0.15, -0.1) is 0 Å². The van der Waals surface area contributed by atoms with Crippen LogP contribution >= 0.6 is 0 Å². The molecule has 96 valence electrons. The van der Waals surface area contributed by atoms with Crippen molar-refractivity contribution in [3.63, 3.8) is 0 Å². The van der Waals surface area contributed by atoms with Crippen LogP contribution in [0.5, 0.6) is 0 Å². The molecule has 0 aromatic heterocycles. The lowest BCUT2D eigenvalue weighted by molar-refractivity contribution is 0.0196. The van der Waals surface area contributed by atoms with Crippen LogP contribution in [0.25, 0.3) is 0 Å². The zero-order valence-corrected chi connectivity index (χ0v) is 11.0. The van der Waals surface area contributed by atoms with Gasteiger partial charge in [0.15, 0.2) is 0 Å². The minimum Gasteiger partial charge on any atom is -0.388 e. The van der Waals surface area contributed by atoms with E-state index in [9.17, 15) is 5.11 Å². The predicted molar refractivity (Wildman–Crippen MR) is 65.6 cm³/mol. The molecule has 1 aliphatic heterocycles. The predicted octanol–water partition coefficient (Wildman–Crippen LogP) is 0.456. The van der Waals surface area contributed by atoms with Crippen LogP contribution < -0.4 is 5.32 Å². The number of likely N-dealkylation sites (tertiary alicyclic amines) is 1. The van der Waals surface area contributed by atoms with Gasteiger partial charge in [-0.2, -0.15) is 0 Å². The van der Waals surface area contributed by atoms with Gasteiger partial charge in [-0.05, 0) is 13.3 Å². The van der Waals surface area contributed by atoms with E-state index in [-0.39, 0.29) is 0 Å². The van der Waals surface area contributed by atoms with E-state index < -0.39 is 5.60 Å². The number of nitrogens with zero attached hydrogens (tertiary/aromatic N) is 1. The summed E-state index contributed by atoms with van der Waals surface area (Å²) in [5.41, 5.74) is -0.660. The molecule has 1 saturated heterocycles. The number of hydrogen-bond acceptors (Lipinski definition) is 4. The van der Waals surface area contributed by atoms with Crippen molar-refractivity contribution < 1.29 is 9.84 Å². The van der Waals surface area contributed by atoms with Crippen LogP contribution in [0.15, 0.2) is 0 Å². The number of ether oxygens (including phenoxy) is 1. The first-order valence-electron chi connectivity index (χ1n) is 6.14. The molecule has 1 aliphatic rings. The van der Waals surface area contributed by atoms with Gasteiger partial charge in [0.25, 0.3) is 0 Å². The zero-order valence-electron chi connectivity index (χ0n) is 11.0. The van der Waals surface area contributed by atoms with Crippen LogP contribution in [0.2, 0.25) is 0 Å². The molecule has 0 bridgehead atoms. The van der Waals surface area contributed by atoms with E-state index in [1.165, 1.54) is 0 Å². The molecule has 2 N–H and O–H groups in total. The summed E-state index contributed by atoms with van der Waals surface area (Å²) in [6, 6.07) is 0.414. The summed E-state index contributed by atoms with van der Waals surface area (Å²) >= 11 is 0. The maximum absolute atomic E-state index is 10.2. The fourth-order valence-electron chi connectivity index (χ4n) is 2.09. The van der Waals surface area contributed by atoms with E-state index in [4.69, 9.17) is 4.74 Å². The highest BCUT2D eigenvalue weighted by molar-refractivity contribution is 4.85. The molecule has 4 heteroatoms. The van der Waals surface area contributed by atoms with E-state index in [0.29, 0.717) is 25.2 Å². The van der Waals surface area contributed by atoms with Gasteiger partial charge >= 0.3 is 0 Å².